The number of aromatic nitrogens is 4. The average molecular weight is 471 g/mol. The first-order valence-electron chi connectivity index (χ1n) is 11.1. The highest BCUT2D eigenvalue weighted by molar-refractivity contribution is 7.89. The topological polar surface area (TPSA) is 122 Å². The minimum Gasteiger partial charge on any atom is -0.473 e. The van der Waals surface area contributed by atoms with E-state index in [2.05, 4.69) is 30.4 Å². The van der Waals surface area contributed by atoms with E-state index in [0.717, 1.165) is 30.5 Å². The Balaban J connectivity index is 1.13. The summed E-state index contributed by atoms with van der Waals surface area (Å²) in [5, 5.41) is 18.5. The molecular formula is C22H23FN6O3S. The lowest BCUT2D eigenvalue weighted by Crippen LogP contribution is -2.14. The zero-order chi connectivity index (χ0) is 22.6. The fourth-order valence-corrected chi connectivity index (χ4v) is 5.95. The van der Waals surface area contributed by atoms with Gasteiger partial charge in [-0.25, -0.2) is 17.5 Å². The number of sulfonamides is 1. The summed E-state index contributed by atoms with van der Waals surface area (Å²) in [5.74, 6) is 1.34. The Hall–Kier alpha value is -3.05. The van der Waals surface area contributed by atoms with Crippen LogP contribution in [0.15, 0.2) is 35.4 Å². The predicted octanol–water partition coefficient (Wildman–Crippen LogP) is 3.47. The monoisotopic (exact) mass is 470 g/mol. The Morgan fingerprint density at radius 3 is 2.82 bits per heavy atom. The standard InChI is InChI=1S/C22H23FN6O3S/c23-21-16-11-25-33(30,31)19(16)6-5-17(21)26-20-10-18(27-28-20)13-3-4-14(9-13)32-22-15(12-1-2-12)7-8-24-29-22/h5-8,10,12-14,25H,1-4,9,11H2,(H2,26,27,28)/t13-,14+/m0/s1. The van der Waals surface area contributed by atoms with Gasteiger partial charge in [0.15, 0.2) is 11.6 Å². The van der Waals surface area contributed by atoms with Crippen molar-refractivity contribution in [3.63, 3.8) is 0 Å². The second kappa shape index (κ2) is 7.77. The molecule has 1 aliphatic heterocycles. The predicted molar refractivity (Wildman–Crippen MR) is 117 cm³/mol. The van der Waals surface area contributed by atoms with Gasteiger partial charge < -0.3 is 10.1 Å². The number of halogens is 1. The molecule has 2 atom stereocenters. The van der Waals surface area contributed by atoms with Crippen LogP contribution in [0.5, 0.6) is 5.88 Å². The van der Waals surface area contributed by atoms with Crippen LogP contribution >= 0.6 is 0 Å². The Morgan fingerprint density at radius 1 is 1.12 bits per heavy atom. The number of fused-ring (bicyclic) bond motifs is 1. The van der Waals surface area contributed by atoms with E-state index in [4.69, 9.17) is 4.74 Å². The summed E-state index contributed by atoms with van der Waals surface area (Å²) in [5.41, 5.74) is 2.44. The van der Waals surface area contributed by atoms with Gasteiger partial charge in [-0.1, -0.05) is 0 Å². The van der Waals surface area contributed by atoms with Crippen molar-refractivity contribution in [2.45, 2.75) is 61.5 Å². The van der Waals surface area contributed by atoms with Gasteiger partial charge in [0.25, 0.3) is 0 Å². The van der Waals surface area contributed by atoms with Crippen LogP contribution in [0.3, 0.4) is 0 Å². The van der Waals surface area contributed by atoms with E-state index in [1.807, 2.05) is 12.1 Å². The molecule has 172 valence electrons. The molecule has 33 heavy (non-hydrogen) atoms. The molecule has 2 aliphatic carbocycles. The average Bonchev–Trinajstić information content (AvgIpc) is 3.20. The quantitative estimate of drug-likeness (QED) is 0.504. The molecule has 0 radical (unpaired) electrons. The van der Waals surface area contributed by atoms with Gasteiger partial charge >= 0.3 is 0 Å². The number of rotatable bonds is 6. The molecule has 9 nitrogen and oxygen atoms in total. The van der Waals surface area contributed by atoms with Gasteiger partial charge in [0.05, 0.1) is 16.8 Å². The van der Waals surface area contributed by atoms with Gasteiger partial charge in [-0.15, -0.1) is 5.10 Å². The van der Waals surface area contributed by atoms with Gasteiger partial charge in [0, 0.05) is 35.3 Å². The smallest absolute Gasteiger partial charge is 0.241 e. The first-order valence-corrected chi connectivity index (χ1v) is 12.6. The van der Waals surface area contributed by atoms with Crippen molar-refractivity contribution in [3.05, 3.63) is 53.1 Å². The number of ether oxygens (including phenoxy) is 1. The molecular weight excluding hydrogens is 447 g/mol. The van der Waals surface area contributed by atoms with Crippen molar-refractivity contribution in [2.75, 3.05) is 5.32 Å². The van der Waals surface area contributed by atoms with Gasteiger partial charge in [-0.3, -0.25) is 5.10 Å². The van der Waals surface area contributed by atoms with Crippen LogP contribution in [0, 0.1) is 5.82 Å². The summed E-state index contributed by atoms with van der Waals surface area (Å²) in [6.07, 6.45) is 6.82. The van der Waals surface area contributed by atoms with Gasteiger partial charge in [0.2, 0.25) is 15.9 Å². The summed E-state index contributed by atoms with van der Waals surface area (Å²) in [4.78, 5) is -0.0155. The summed E-state index contributed by atoms with van der Waals surface area (Å²) < 4.78 is 47.1. The first kappa shape index (κ1) is 20.5. The Bertz CT molecular complexity index is 1320. The number of nitrogens with one attached hydrogen (secondary N) is 3. The first-order chi connectivity index (χ1) is 16.0. The maximum absolute atomic E-state index is 14.8. The summed E-state index contributed by atoms with van der Waals surface area (Å²) in [7, 11) is -3.62. The van der Waals surface area contributed by atoms with Crippen molar-refractivity contribution < 1.29 is 17.5 Å². The fraction of sp³-hybridized carbons (Fsp3) is 0.409. The van der Waals surface area contributed by atoms with Crippen molar-refractivity contribution in [3.8, 4) is 5.88 Å². The van der Waals surface area contributed by atoms with Crippen molar-refractivity contribution in [1.82, 2.24) is 25.1 Å². The van der Waals surface area contributed by atoms with E-state index in [-0.39, 0.29) is 34.7 Å². The van der Waals surface area contributed by atoms with E-state index < -0.39 is 15.8 Å². The number of hydrogen-bond acceptors (Lipinski definition) is 7. The number of aromatic amines is 1. The third-order valence-corrected chi connectivity index (χ3v) is 8.11. The molecule has 1 aromatic carbocycles. The molecule has 2 aromatic heterocycles. The highest BCUT2D eigenvalue weighted by Crippen LogP contribution is 2.44. The fourth-order valence-electron chi connectivity index (χ4n) is 4.72. The van der Waals surface area contributed by atoms with Gasteiger partial charge in [-0.2, -0.15) is 10.2 Å². The number of hydrogen-bond donors (Lipinski definition) is 3. The van der Waals surface area contributed by atoms with Crippen LogP contribution in [0.4, 0.5) is 15.9 Å². The molecule has 3 aliphatic rings. The van der Waals surface area contributed by atoms with Crippen molar-refractivity contribution >= 4 is 21.5 Å². The summed E-state index contributed by atoms with van der Waals surface area (Å²) >= 11 is 0. The largest absolute Gasteiger partial charge is 0.473 e. The van der Waals surface area contributed by atoms with Crippen LogP contribution in [0.1, 0.15) is 60.8 Å². The van der Waals surface area contributed by atoms with E-state index in [0.29, 0.717) is 17.6 Å². The van der Waals surface area contributed by atoms with E-state index >= 15 is 0 Å². The molecule has 6 rings (SSSR count). The minimum absolute atomic E-state index is 0.0155. The van der Waals surface area contributed by atoms with Crippen LogP contribution in [0.2, 0.25) is 0 Å². The highest BCUT2D eigenvalue weighted by Gasteiger charge is 2.33. The zero-order valence-electron chi connectivity index (χ0n) is 17.7. The molecule has 3 aromatic rings. The number of nitrogens with zero attached hydrogens (tertiary/aromatic N) is 3. The normalized spacial score (nSPS) is 23.4. The molecule has 0 saturated heterocycles. The Labute approximate surface area is 190 Å². The third-order valence-electron chi connectivity index (χ3n) is 6.63. The molecule has 0 unspecified atom stereocenters. The minimum atomic E-state index is -3.62. The van der Waals surface area contributed by atoms with Crippen LogP contribution in [-0.2, 0) is 16.6 Å². The number of H-pyrrole nitrogens is 1. The lowest BCUT2D eigenvalue weighted by molar-refractivity contribution is 0.195. The maximum atomic E-state index is 14.8. The van der Waals surface area contributed by atoms with Crippen molar-refractivity contribution in [2.24, 2.45) is 0 Å². The Kier molecular flexibility index (Phi) is 4.84. The lowest BCUT2D eigenvalue weighted by atomic mass is 10.0. The van der Waals surface area contributed by atoms with E-state index in [1.54, 1.807) is 6.20 Å². The van der Waals surface area contributed by atoms with Gasteiger partial charge in [-0.05, 0) is 56.2 Å². The highest BCUT2D eigenvalue weighted by atomic mass is 32.2. The second-order valence-corrected chi connectivity index (χ2v) is 10.6. The van der Waals surface area contributed by atoms with Crippen LogP contribution < -0.4 is 14.8 Å². The molecule has 3 N–H and O–H groups in total. The summed E-state index contributed by atoms with van der Waals surface area (Å²) in [6.45, 7) is -0.0530. The second-order valence-electron chi connectivity index (χ2n) is 8.88. The summed E-state index contributed by atoms with van der Waals surface area (Å²) in [6, 6.07) is 6.70. The molecule has 3 heterocycles. The van der Waals surface area contributed by atoms with Crippen LogP contribution in [-0.4, -0.2) is 34.9 Å². The maximum Gasteiger partial charge on any atom is 0.241 e. The van der Waals surface area contributed by atoms with Crippen molar-refractivity contribution in [1.29, 1.82) is 0 Å². The molecule has 11 heteroatoms. The van der Waals surface area contributed by atoms with Gasteiger partial charge in [0.1, 0.15) is 6.10 Å². The SMILES string of the molecule is O=S1(=O)NCc2c1ccc(Nc1cc([C@H]3CC[C@@H](Oc4nnccc4C4CC4)C3)[nH]n1)c2F. The van der Waals surface area contributed by atoms with E-state index in [1.165, 1.54) is 25.0 Å². The molecule has 2 saturated carbocycles. The zero-order valence-corrected chi connectivity index (χ0v) is 18.5. The van der Waals surface area contributed by atoms with E-state index in [9.17, 15) is 12.8 Å². The molecule has 2 fully saturated rings. The molecule has 0 bridgehead atoms. The van der Waals surface area contributed by atoms with Crippen LogP contribution in [0.25, 0.3) is 0 Å². The third kappa shape index (κ3) is 3.84. The number of anilines is 2. The Morgan fingerprint density at radius 2 is 1.97 bits per heavy atom. The number of benzene rings is 1. The molecule has 0 amide bonds. The molecule has 0 spiro atoms. The lowest BCUT2D eigenvalue weighted by Gasteiger charge is -2.15.